The van der Waals surface area contributed by atoms with Gasteiger partial charge in [0.1, 0.15) is 18.4 Å². The smallest absolute Gasteiger partial charge is 0.254 e. The predicted octanol–water partition coefficient (Wildman–Crippen LogP) is 3.56. The average Bonchev–Trinajstić information content (AvgIpc) is 3.08. The number of aromatic nitrogens is 2. The minimum absolute atomic E-state index is 0.0314. The van der Waals surface area contributed by atoms with Crippen LogP contribution in [-0.2, 0) is 13.8 Å². The lowest BCUT2D eigenvalue weighted by atomic mass is 9.96. The van der Waals surface area contributed by atoms with Crippen molar-refractivity contribution in [1.29, 1.82) is 0 Å². The molecule has 1 unspecified atom stereocenters. The molecule has 2 heterocycles. The Hall–Kier alpha value is -1.10. The van der Waals surface area contributed by atoms with E-state index in [1.165, 1.54) is 0 Å². The zero-order chi connectivity index (χ0) is 18.9. The SMILES string of the molecule is [C-]#[N+]CCOP(C)O[C@]12CC[C@@H](C)[C@H]1O[C@@H](n1cc(C)c(=O)[nH]c1=S)C2. The van der Waals surface area contributed by atoms with Gasteiger partial charge in [0.15, 0.2) is 13.1 Å². The van der Waals surface area contributed by atoms with Crippen molar-refractivity contribution in [3.8, 4) is 0 Å². The quantitative estimate of drug-likeness (QED) is 0.344. The molecule has 0 spiro atoms. The van der Waals surface area contributed by atoms with E-state index in [0.717, 1.165) is 12.8 Å². The van der Waals surface area contributed by atoms with Crippen molar-refractivity contribution in [1.82, 2.24) is 9.55 Å². The zero-order valence-electron chi connectivity index (χ0n) is 15.2. The summed E-state index contributed by atoms with van der Waals surface area (Å²) in [6.45, 7) is 13.4. The van der Waals surface area contributed by atoms with Crippen LogP contribution in [0.3, 0.4) is 0 Å². The summed E-state index contributed by atoms with van der Waals surface area (Å²) in [6.07, 6.45) is 4.07. The average molecular weight is 397 g/mol. The number of hydrogen-bond acceptors (Lipinski definition) is 5. The first-order chi connectivity index (χ1) is 12.4. The van der Waals surface area contributed by atoms with Crippen LogP contribution in [0, 0.1) is 24.2 Å². The lowest BCUT2D eigenvalue weighted by molar-refractivity contribution is -0.0492. The number of ether oxygens (including phenoxy) is 1. The minimum atomic E-state index is -1.09. The first-order valence-electron chi connectivity index (χ1n) is 8.73. The van der Waals surface area contributed by atoms with Crippen molar-refractivity contribution < 1.29 is 13.8 Å². The summed E-state index contributed by atoms with van der Waals surface area (Å²) < 4.78 is 20.6. The molecule has 1 aromatic heterocycles. The molecule has 1 N–H and O–H groups in total. The number of aryl methyl sites for hydroxylation is 1. The second-order valence-corrected chi connectivity index (χ2v) is 8.73. The van der Waals surface area contributed by atoms with E-state index in [0.29, 0.717) is 35.8 Å². The third kappa shape index (κ3) is 3.78. The van der Waals surface area contributed by atoms with Gasteiger partial charge in [0.05, 0.1) is 6.10 Å². The topological polar surface area (TPSA) is 69.8 Å². The maximum absolute atomic E-state index is 11.8. The summed E-state index contributed by atoms with van der Waals surface area (Å²) in [4.78, 5) is 17.8. The fourth-order valence-corrected chi connectivity index (χ4v) is 5.31. The second kappa shape index (κ2) is 7.87. The summed E-state index contributed by atoms with van der Waals surface area (Å²) in [6, 6.07) is 0. The van der Waals surface area contributed by atoms with E-state index in [2.05, 4.69) is 16.8 Å². The van der Waals surface area contributed by atoms with Crippen molar-refractivity contribution in [2.45, 2.75) is 51.0 Å². The summed E-state index contributed by atoms with van der Waals surface area (Å²) in [5, 5.41) is 0. The van der Waals surface area contributed by atoms with Crippen molar-refractivity contribution in [3.05, 3.63) is 38.3 Å². The van der Waals surface area contributed by atoms with E-state index in [-0.39, 0.29) is 17.9 Å². The number of nitrogens with one attached hydrogen (secondary N) is 1. The third-order valence-corrected chi connectivity index (χ3v) is 6.60. The molecule has 0 bridgehead atoms. The van der Waals surface area contributed by atoms with Crippen LogP contribution in [-0.4, -0.2) is 41.1 Å². The van der Waals surface area contributed by atoms with Gasteiger partial charge in [-0.15, -0.1) is 0 Å². The Labute approximate surface area is 159 Å². The lowest BCUT2D eigenvalue weighted by Crippen LogP contribution is -2.37. The van der Waals surface area contributed by atoms with Crippen LogP contribution in [0.1, 0.15) is 38.0 Å². The Morgan fingerprint density at radius 2 is 2.38 bits per heavy atom. The number of nitrogens with zero attached hydrogens (tertiary/aromatic N) is 2. The highest BCUT2D eigenvalue weighted by molar-refractivity contribution is 7.71. The molecular formula is C17H24N3O4PS. The van der Waals surface area contributed by atoms with E-state index < -0.39 is 14.0 Å². The van der Waals surface area contributed by atoms with Crippen molar-refractivity contribution in [2.24, 2.45) is 5.92 Å². The molecule has 1 aliphatic heterocycles. The van der Waals surface area contributed by atoms with Crippen LogP contribution in [0.25, 0.3) is 4.85 Å². The molecule has 0 amide bonds. The molecule has 1 aliphatic carbocycles. The molecule has 2 aliphatic rings. The molecule has 3 rings (SSSR count). The van der Waals surface area contributed by atoms with Gasteiger partial charge in [0.25, 0.3) is 5.56 Å². The van der Waals surface area contributed by atoms with Crippen LogP contribution < -0.4 is 5.56 Å². The third-order valence-electron chi connectivity index (χ3n) is 5.12. The zero-order valence-corrected chi connectivity index (χ0v) is 16.9. The van der Waals surface area contributed by atoms with Crippen LogP contribution in [0.15, 0.2) is 11.0 Å². The fourth-order valence-electron chi connectivity index (χ4n) is 3.87. The molecule has 5 atom stereocenters. The van der Waals surface area contributed by atoms with Gasteiger partial charge < -0.3 is 18.6 Å². The van der Waals surface area contributed by atoms with E-state index in [9.17, 15) is 4.79 Å². The Kier molecular flexibility index (Phi) is 5.95. The van der Waals surface area contributed by atoms with Crippen LogP contribution in [0.4, 0.5) is 0 Å². The van der Waals surface area contributed by atoms with E-state index >= 15 is 0 Å². The molecule has 26 heavy (non-hydrogen) atoms. The van der Waals surface area contributed by atoms with Crippen LogP contribution in [0.5, 0.6) is 0 Å². The summed E-state index contributed by atoms with van der Waals surface area (Å²) >= 11 is 5.33. The first kappa shape index (κ1) is 19.7. The maximum atomic E-state index is 11.8. The van der Waals surface area contributed by atoms with E-state index in [4.69, 9.17) is 32.6 Å². The highest BCUT2D eigenvalue weighted by Crippen LogP contribution is 2.56. The van der Waals surface area contributed by atoms with Gasteiger partial charge in [-0.1, -0.05) is 6.92 Å². The van der Waals surface area contributed by atoms with Crippen LogP contribution >= 0.6 is 20.6 Å². The Morgan fingerprint density at radius 3 is 3.12 bits per heavy atom. The van der Waals surface area contributed by atoms with Gasteiger partial charge in [-0.2, -0.15) is 0 Å². The lowest BCUT2D eigenvalue weighted by Gasteiger charge is -2.31. The van der Waals surface area contributed by atoms with Crippen molar-refractivity contribution in [3.63, 3.8) is 0 Å². The highest BCUT2D eigenvalue weighted by Gasteiger charge is 2.57. The molecule has 1 saturated carbocycles. The monoisotopic (exact) mass is 397 g/mol. The molecule has 142 valence electrons. The minimum Gasteiger partial charge on any atom is -0.351 e. The number of rotatable bonds is 6. The van der Waals surface area contributed by atoms with Gasteiger partial charge in [0.2, 0.25) is 6.54 Å². The number of hydrogen-bond donors (Lipinski definition) is 1. The molecule has 0 radical (unpaired) electrons. The van der Waals surface area contributed by atoms with Gasteiger partial charge in [-0.05, 0) is 37.9 Å². The normalized spacial score (nSPS) is 31.5. The standard InChI is InChI=1S/C17H24N3O4PS/c1-11-5-6-17(24-25(4)22-8-7-18-3)9-13(23-14(11)17)20-10-12(2)15(21)19-16(20)26/h10-11,13-14H,5-9H2,1-2,4H3,(H,19,21,26)/t11-,13-,14-,17+,25?/m1/s1. The van der Waals surface area contributed by atoms with Crippen LogP contribution in [0.2, 0.25) is 0 Å². The van der Waals surface area contributed by atoms with E-state index in [1.54, 1.807) is 13.1 Å². The molecule has 7 nitrogen and oxygen atoms in total. The summed E-state index contributed by atoms with van der Waals surface area (Å²) in [7, 11) is -1.09. The highest BCUT2D eigenvalue weighted by atomic mass is 32.1. The number of H-pyrrole nitrogens is 1. The first-order valence-corrected chi connectivity index (χ1v) is 10.8. The number of fused-ring (bicyclic) bond motifs is 1. The van der Waals surface area contributed by atoms with Crippen molar-refractivity contribution in [2.75, 3.05) is 19.8 Å². The Balaban J connectivity index is 1.80. The summed E-state index contributed by atoms with van der Waals surface area (Å²) in [5.41, 5.74) is 0.0260. The largest absolute Gasteiger partial charge is 0.351 e. The van der Waals surface area contributed by atoms with Gasteiger partial charge in [0, 0.05) is 24.8 Å². The van der Waals surface area contributed by atoms with Gasteiger partial charge >= 0.3 is 0 Å². The molecule has 9 heteroatoms. The predicted molar refractivity (Wildman–Crippen MR) is 102 cm³/mol. The molecular weight excluding hydrogens is 373 g/mol. The van der Waals surface area contributed by atoms with E-state index in [1.807, 2.05) is 11.2 Å². The van der Waals surface area contributed by atoms with Gasteiger partial charge in [-0.3, -0.25) is 14.3 Å². The molecule has 1 saturated heterocycles. The Bertz CT molecular complexity index is 819. The maximum Gasteiger partial charge on any atom is 0.254 e. The van der Waals surface area contributed by atoms with Crippen molar-refractivity contribution >= 4 is 20.6 Å². The molecule has 2 fully saturated rings. The van der Waals surface area contributed by atoms with Gasteiger partial charge in [-0.25, -0.2) is 6.57 Å². The Morgan fingerprint density at radius 1 is 1.62 bits per heavy atom. The fraction of sp³-hybridized carbons (Fsp3) is 0.706. The molecule has 0 aromatic carbocycles. The number of aromatic amines is 1. The second-order valence-electron chi connectivity index (χ2n) is 7.02. The molecule has 1 aromatic rings. The summed E-state index contributed by atoms with van der Waals surface area (Å²) in [5.74, 6) is 0.379.